The van der Waals surface area contributed by atoms with Crippen molar-refractivity contribution in [2.75, 3.05) is 53.8 Å². The first-order chi connectivity index (χ1) is 9.46. The average molecular weight is 291 g/mol. The van der Waals surface area contributed by atoms with Crippen molar-refractivity contribution in [1.29, 1.82) is 0 Å². The maximum Gasteiger partial charge on any atom is 0.302 e. The second-order valence-corrected chi connectivity index (χ2v) is 4.64. The molecule has 20 heavy (non-hydrogen) atoms. The van der Waals surface area contributed by atoms with Crippen LogP contribution in [0.4, 0.5) is 0 Å². The van der Waals surface area contributed by atoms with E-state index in [0.717, 1.165) is 0 Å². The first kappa shape index (κ1) is 18.8. The predicted octanol–water partition coefficient (Wildman–Crippen LogP) is -0.0186. The smallest absolute Gasteiger partial charge is 0.302 e. The molecule has 7 nitrogen and oxygen atoms in total. The Labute approximate surface area is 119 Å². The second-order valence-electron chi connectivity index (χ2n) is 4.64. The zero-order chi connectivity index (χ0) is 15.4. The summed E-state index contributed by atoms with van der Waals surface area (Å²) in [6.07, 6.45) is 0. The fourth-order valence-electron chi connectivity index (χ4n) is 1.45. The van der Waals surface area contributed by atoms with Crippen LogP contribution in [0.3, 0.4) is 0 Å². The number of amides is 1. The summed E-state index contributed by atoms with van der Waals surface area (Å²) in [6, 6.07) is 0. The third-order valence-corrected chi connectivity index (χ3v) is 2.57. The Kier molecular flexibility index (Phi) is 9.96. The van der Waals surface area contributed by atoms with Gasteiger partial charge < -0.3 is 24.3 Å². The van der Waals surface area contributed by atoms with E-state index in [2.05, 4.69) is 5.32 Å². The number of ether oxygens (including phenoxy) is 4. The third kappa shape index (κ3) is 8.08. The van der Waals surface area contributed by atoms with Gasteiger partial charge in [-0.15, -0.1) is 0 Å². The molecule has 0 saturated heterocycles. The summed E-state index contributed by atoms with van der Waals surface area (Å²) < 4.78 is 20.0. The van der Waals surface area contributed by atoms with E-state index in [4.69, 9.17) is 18.9 Å². The molecule has 7 heteroatoms. The summed E-state index contributed by atoms with van der Waals surface area (Å²) >= 11 is 0. The molecule has 0 aliphatic carbocycles. The van der Waals surface area contributed by atoms with Gasteiger partial charge in [0.2, 0.25) is 5.91 Å². The van der Waals surface area contributed by atoms with Crippen LogP contribution < -0.4 is 5.32 Å². The maximum absolute atomic E-state index is 12.1. The van der Waals surface area contributed by atoms with Crippen molar-refractivity contribution < 1.29 is 28.5 Å². The van der Waals surface area contributed by atoms with Gasteiger partial charge in [0.25, 0.3) is 0 Å². The molecule has 1 unspecified atom stereocenters. The number of hydrogen-bond acceptors (Lipinski definition) is 6. The van der Waals surface area contributed by atoms with Gasteiger partial charge in [-0.3, -0.25) is 9.59 Å². The van der Waals surface area contributed by atoms with Gasteiger partial charge in [0.1, 0.15) is 12.0 Å². The highest BCUT2D eigenvalue weighted by molar-refractivity contribution is 5.82. The van der Waals surface area contributed by atoms with Crippen LogP contribution in [-0.2, 0) is 28.5 Å². The van der Waals surface area contributed by atoms with Crippen molar-refractivity contribution in [2.45, 2.75) is 13.8 Å². The van der Waals surface area contributed by atoms with Gasteiger partial charge in [-0.05, 0) is 6.92 Å². The van der Waals surface area contributed by atoms with E-state index >= 15 is 0 Å². The minimum Gasteiger partial charge on any atom is -0.465 e. The summed E-state index contributed by atoms with van der Waals surface area (Å²) in [5.74, 6) is -0.668. The number of methoxy groups -OCH3 is 2. The molecule has 118 valence electrons. The highest BCUT2D eigenvalue weighted by Gasteiger charge is 2.34. The maximum atomic E-state index is 12.1. The van der Waals surface area contributed by atoms with E-state index in [-0.39, 0.29) is 19.1 Å². The molecule has 0 heterocycles. The van der Waals surface area contributed by atoms with Crippen LogP contribution in [0.1, 0.15) is 13.8 Å². The predicted molar refractivity (Wildman–Crippen MR) is 72.3 cm³/mol. The van der Waals surface area contributed by atoms with Crippen LogP contribution in [0, 0.1) is 5.41 Å². The summed E-state index contributed by atoms with van der Waals surface area (Å²) in [4.78, 5) is 22.9. The Morgan fingerprint density at radius 1 is 1.05 bits per heavy atom. The average Bonchev–Trinajstić information content (AvgIpc) is 2.40. The van der Waals surface area contributed by atoms with Crippen molar-refractivity contribution in [2.24, 2.45) is 5.41 Å². The number of nitrogens with one attached hydrogen (secondary N) is 1. The SMILES string of the molecule is COCCOCCNC(=O)C(C)(COC)COC(C)=O. The lowest BCUT2D eigenvalue weighted by atomic mass is 9.91. The number of rotatable bonds is 11. The number of carbonyl (C=O) groups excluding carboxylic acids is 2. The van der Waals surface area contributed by atoms with Crippen LogP contribution in [0.2, 0.25) is 0 Å². The molecule has 0 aromatic carbocycles. The highest BCUT2D eigenvalue weighted by atomic mass is 16.5. The van der Waals surface area contributed by atoms with Gasteiger partial charge in [-0.25, -0.2) is 0 Å². The van der Waals surface area contributed by atoms with E-state index in [1.54, 1.807) is 14.0 Å². The lowest BCUT2D eigenvalue weighted by molar-refractivity contribution is -0.150. The molecule has 1 N–H and O–H groups in total. The van der Waals surface area contributed by atoms with E-state index in [1.165, 1.54) is 14.0 Å². The molecule has 0 fully saturated rings. The minimum absolute atomic E-state index is 0.0213. The molecule has 0 aliphatic heterocycles. The fourth-order valence-corrected chi connectivity index (χ4v) is 1.45. The normalized spacial score (nSPS) is 13.6. The zero-order valence-electron chi connectivity index (χ0n) is 12.7. The van der Waals surface area contributed by atoms with Gasteiger partial charge in [0.05, 0.1) is 26.4 Å². The Morgan fingerprint density at radius 2 is 1.75 bits per heavy atom. The van der Waals surface area contributed by atoms with Crippen molar-refractivity contribution >= 4 is 11.9 Å². The summed E-state index contributed by atoms with van der Waals surface area (Å²) in [5.41, 5.74) is -0.910. The first-order valence-corrected chi connectivity index (χ1v) is 6.43. The summed E-state index contributed by atoms with van der Waals surface area (Å²) in [7, 11) is 3.09. The fraction of sp³-hybridized carbons (Fsp3) is 0.846. The van der Waals surface area contributed by atoms with E-state index in [1.807, 2.05) is 0 Å². The molecule has 0 rings (SSSR count). The lowest BCUT2D eigenvalue weighted by Gasteiger charge is -2.26. The quantitative estimate of drug-likeness (QED) is 0.425. The van der Waals surface area contributed by atoms with Crippen LogP contribution in [0.25, 0.3) is 0 Å². The van der Waals surface area contributed by atoms with Crippen LogP contribution in [-0.4, -0.2) is 65.7 Å². The second kappa shape index (κ2) is 10.6. The molecule has 1 atom stereocenters. The molecule has 0 bridgehead atoms. The Bertz CT molecular complexity index is 297. The van der Waals surface area contributed by atoms with Crippen molar-refractivity contribution in [3.63, 3.8) is 0 Å². The molecule has 0 aliphatic rings. The topological polar surface area (TPSA) is 83.1 Å². The van der Waals surface area contributed by atoms with Gasteiger partial charge in [-0.1, -0.05) is 0 Å². The summed E-state index contributed by atoms with van der Waals surface area (Å²) in [5, 5.41) is 2.73. The van der Waals surface area contributed by atoms with Crippen molar-refractivity contribution in [3.8, 4) is 0 Å². The molecule has 0 aromatic rings. The van der Waals surface area contributed by atoms with Gasteiger partial charge in [0.15, 0.2) is 0 Å². The third-order valence-electron chi connectivity index (χ3n) is 2.57. The van der Waals surface area contributed by atoms with E-state index in [0.29, 0.717) is 26.4 Å². The molecular formula is C13H25NO6. The van der Waals surface area contributed by atoms with Crippen molar-refractivity contribution in [1.82, 2.24) is 5.32 Å². The molecule has 0 aromatic heterocycles. The molecule has 0 radical (unpaired) electrons. The van der Waals surface area contributed by atoms with Gasteiger partial charge in [-0.2, -0.15) is 0 Å². The number of esters is 1. The van der Waals surface area contributed by atoms with Crippen LogP contribution in [0.5, 0.6) is 0 Å². The van der Waals surface area contributed by atoms with Crippen LogP contribution in [0.15, 0.2) is 0 Å². The van der Waals surface area contributed by atoms with Crippen molar-refractivity contribution in [3.05, 3.63) is 0 Å². The van der Waals surface area contributed by atoms with Crippen LogP contribution >= 0.6 is 0 Å². The molecule has 1 amide bonds. The number of hydrogen-bond donors (Lipinski definition) is 1. The van der Waals surface area contributed by atoms with Gasteiger partial charge in [0, 0.05) is 27.7 Å². The molecule has 0 spiro atoms. The van der Waals surface area contributed by atoms with Gasteiger partial charge >= 0.3 is 5.97 Å². The standard InChI is InChI=1S/C13H25NO6/c1-11(15)20-10-13(2,9-18-4)12(16)14-5-6-19-8-7-17-3/h5-10H2,1-4H3,(H,14,16). The number of carbonyl (C=O) groups is 2. The Hall–Kier alpha value is -1.18. The van der Waals surface area contributed by atoms with E-state index < -0.39 is 11.4 Å². The Morgan fingerprint density at radius 3 is 2.30 bits per heavy atom. The minimum atomic E-state index is -0.910. The van der Waals surface area contributed by atoms with E-state index in [9.17, 15) is 9.59 Å². The summed E-state index contributed by atoms with van der Waals surface area (Å²) in [6.45, 7) is 4.89. The Balaban J connectivity index is 4.11. The molecular weight excluding hydrogens is 266 g/mol. The highest BCUT2D eigenvalue weighted by Crippen LogP contribution is 2.17. The largest absolute Gasteiger partial charge is 0.465 e. The lowest BCUT2D eigenvalue weighted by Crippen LogP contribution is -2.46. The monoisotopic (exact) mass is 291 g/mol. The zero-order valence-corrected chi connectivity index (χ0v) is 12.7. The first-order valence-electron chi connectivity index (χ1n) is 6.43. The molecule has 0 saturated carbocycles.